The summed E-state index contributed by atoms with van der Waals surface area (Å²) in [5.41, 5.74) is 0.418. The van der Waals surface area contributed by atoms with Crippen LogP contribution in [0.2, 0.25) is 0 Å². The van der Waals surface area contributed by atoms with E-state index in [9.17, 15) is 9.50 Å². The molecule has 0 fully saturated rings. The van der Waals surface area contributed by atoms with Gasteiger partial charge in [0.1, 0.15) is 5.82 Å². The van der Waals surface area contributed by atoms with Gasteiger partial charge in [0.25, 0.3) is 0 Å². The summed E-state index contributed by atoms with van der Waals surface area (Å²) in [6.07, 6.45) is 1.06. The summed E-state index contributed by atoms with van der Waals surface area (Å²) in [5.74, 6) is -0.168. The van der Waals surface area contributed by atoms with Crippen LogP contribution in [0.1, 0.15) is 38.4 Å². The van der Waals surface area contributed by atoms with E-state index < -0.39 is 6.10 Å². The van der Waals surface area contributed by atoms with Crippen LogP contribution in [0.3, 0.4) is 0 Å². The summed E-state index contributed by atoms with van der Waals surface area (Å²) in [5, 5.41) is 9.92. The molecule has 0 spiro atoms. The zero-order valence-corrected chi connectivity index (χ0v) is 8.70. The van der Waals surface area contributed by atoms with E-state index in [2.05, 4.69) is 0 Å². The highest BCUT2D eigenvalue weighted by atomic mass is 19.1. The van der Waals surface area contributed by atoms with E-state index in [0.29, 0.717) is 5.56 Å². The van der Waals surface area contributed by atoms with E-state index in [1.165, 1.54) is 6.07 Å². The first-order valence-corrected chi connectivity index (χ1v) is 5.13. The first kappa shape index (κ1) is 11.2. The number of benzene rings is 1. The lowest BCUT2D eigenvalue weighted by Crippen LogP contribution is -2.12. The van der Waals surface area contributed by atoms with Crippen molar-refractivity contribution in [1.29, 1.82) is 0 Å². The van der Waals surface area contributed by atoms with E-state index in [1.54, 1.807) is 18.2 Å². The number of rotatable bonds is 4. The summed E-state index contributed by atoms with van der Waals surface area (Å²) in [7, 11) is 0. The van der Waals surface area contributed by atoms with Crippen molar-refractivity contribution in [3.63, 3.8) is 0 Å². The second-order valence-electron chi connectivity index (χ2n) is 3.54. The molecule has 14 heavy (non-hydrogen) atoms. The molecule has 0 saturated heterocycles. The lowest BCUT2D eigenvalue weighted by atomic mass is 9.91. The number of halogens is 1. The molecule has 1 atom stereocenters. The van der Waals surface area contributed by atoms with Crippen LogP contribution < -0.4 is 0 Å². The molecule has 0 saturated carbocycles. The minimum absolute atomic E-state index is 0.145. The maximum Gasteiger partial charge on any atom is 0.129 e. The average Bonchev–Trinajstić information content (AvgIpc) is 2.20. The predicted octanol–water partition coefficient (Wildman–Crippen LogP) is 3.30. The molecule has 0 aromatic heterocycles. The van der Waals surface area contributed by atoms with Gasteiger partial charge < -0.3 is 5.11 Å². The van der Waals surface area contributed by atoms with E-state index in [0.717, 1.165) is 12.8 Å². The van der Waals surface area contributed by atoms with Crippen LogP contribution >= 0.6 is 0 Å². The third kappa shape index (κ3) is 2.32. The Balaban J connectivity index is 2.88. The standard InChI is InChI=1S/C12H17FO/c1-3-9(4-2)12(14)10-7-5-6-8-11(10)13/h5-9,12,14H,3-4H2,1-2H3. The Hall–Kier alpha value is -0.890. The lowest BCUT2D eigenvalue weighted by Gasteiger charge is -2.20. The Morgan fingerprint density at radius 3 is 2.29 bits per heavy atom. The van der Waals surface area contributed by atoms with Gasteiger partial charge in [0.2, 0.25) is 0 Å². The lowest BCUT2D eigenvalue weighted by molar-refractivity contribution is 0.0996. The van der Waals surface area contributed by atoms with Gasteiger partial charge in [-0.05, 0) is 12.0 Å². The minimum Gasteiger partial charge on any atom is -0.388 e. The van der Waals surface area contributed by atoms with Crippen molar-refractivity contribution >= 4 is 0 Å². The number of hydrogen-bond donors (Lipinski definition) is 1. The maximum atomic E-state index is 13.3. The fourth-order valence-corrected chi connectivity index (χ4v) is 1.70. The molecule has 0 bridgehead atoms. The molecule has 0 amide bonds. The van der Waals surface area contributed by atoms with Gasteiger partial charge in [-0.15, -0.1) is 0 Å². The summed E-state index contributed by atoms with van der Waals surface area (Å²) in [6.45, 7) is 4.02. The summed E-state index contributed by atoms with van der Waals surface area (Å²) in [4.78, 5) is 0. The number of aliphatic hydroxyl groups excluding tert-OH is 1. The highest BCUT2D eigenvalue weighted by molar-refractivity contribution is 5.20. The molecule has 0 heterocycles. The largest absolute Gasteiger partial charge is 0.388 e. The Morgan fingerprint density at radius 1 is 1.21 bits per heavy atom. The molecule has 1 aromatic rings. The Labute approximate surface area is 84.6 Å². The van der Waals surface area contributed by atoms with Gasteiger partial charge in [-0.25, -0.2) is 4.39 Å². The Kier molecular flexibility index (Phi) is 4.08. The highest BCUT2D eigenvalue weighted by Crippen LogP contribution is 2.28. The second-order valence-corrected chi connectivity index (χ2v) is 3.54. The molecule has 78 valence electrons. The minimum atomic E-state index is -0.675. The van der Waals surface area contributed by atoms with Crippen LogP contribution in [0, 0.1) is 11.7 Å². The quantitative estimate of drug-likeness (QED) is 0.783. The molecule has 0 aliphatic carbocycles. The second kappa shape index (κ2) is 5.11. The van der Waals surface area contributed by atoms with Crippen LogP contribution in [0.25, 0.3) is 0 Å². The summed E-state index contributed by atoms with van der Waals surface area (Å²) >= 11 is 0. The summed E-state index contributed by atoms with van der Waals surface area (Å²) < 4.78 is 13.3. The molecule has 0 aliphatic rings. The number of aliphatic hydroxyl groups is 1. The van der Waals surface area contributed by atoms with Gasteiger partial charge >= 0.3 is 0 Å². The van der Waals surface area contributed by atoms with Crippen molar-refractivity contribution in [3.8, 4) is 0 Å². The van der Waals surface area contributed by atoms with Gasteiger partial charge in [0, 0.05) is 5.56 Å². The number of hydrogen-bond acceptors (Lipinski definition) is 1. The zero-order valence-electron chi connectivity index (χ0n) is 8.70. The van der Waals surface area contributed by atoms with Gasteiger partial charge in [-0.2, -0.15) is 0 Å². The van der Waals surface area contributed by atoms with Crippen molar-refractivity contribution in [1.82, 2.24) is 0 Å². The molecule has 2 heteroatoms. The predicted molar refractivity (Wildman–Crippen MR) is 55.4 cm³/mol. The van der Waals surface area contributed by atoms with Gasteiger partial charge in [0.05, 0.1) is 6.10 Å². The molecule has 1 rings (SSSR count). The van der Waals surface area contributed by atoms with E-state index in [1.807, 2.05) is 13.8 Å². The third-order valence-corrected chi connectivity index (χ3v) is 2.72. The first-order chi connectivity index (χ1) is 6.70. The molecule has 0 aliphatic heterocycles. The van der Waals surface area contributed by atoms with Crippen LogP contribution in [0.5, 0.6) is 0 Å². The van der Waals surface area contributed by atoms with E-state index in [4.69, 9.17) is 0 Å². The molecule has 1 N–H and O–H groups in total. The molecular weight excluding hydrogens is 179 g/mol. The molecule has 1 nitrogen and oxygen atoms in total. The van der Waals surface area contributed by atoms with E-state index >= 15 is 0 Å². The van der Waals surface area contributed by atoms with E-state index in [-0.39, 0.29) is 11.7 Å². The van der Waals surface area contributed by atoms with Crippen molar-refractivity contribution in [2.45, 2.75) is 32.8 Å². The first-order valence-electron chi connectivity index (χ1n) is 5.13. The van der Waals surface area contributed by atoms with Gasteiger partial charge in [-0.1, -0.05) is 44.9 Å². The van der Waals surface area contributed by atoms with Crippen LogP contribution in [0.15, 0.2) is 24.3 Å². The normalized spacial score (nSPS) is 13.2. The molecule has 0 radical (unpaired) electrons. The maximum absolute atomic E-state index is 13.3. The Morgan fingerprint density at radius 2 is 1.79 bits per heavy atom. The third-order valence-electron chi connectivity index (χ3n) is 2.72. The Bertz CT molecular complexity index is 281. The van der Waals surface area contributed by atoms with Crippen molar-refractivity contribution in [3.05, 3.63) is 35.6 Å². The SMILES string of the molecule is CCC(CC)C(O)c1ccccc1F. The van der Waals surface area contributed by atoms with Gasteiger partial charge in [0.15, 0.2) is 0 Å². The molecular formula is C12H17FO. The van der Waals surface area contributed by atoms with Gasteiger partial charge in [-0.3, -0.25) is 0 Å². The van der Waals surface area contributed by atoms with Crippen molar-refractivity contribution < 1.29 is 9.50 Å². The highest BCUT2D eigenvalue weighted by Gasteiger charge is 2.19. The van der Waals surface area contributed by atoms with Crippen molar-refractivity contribution in [2.75, 3.05) is 0 Å². The fourth-order valence-electron chi connectivity index (χ4n) is 1.70. The summed E-state index contributed by atoms with van der Waals surface area (Å²) in [6, 6.07) is 6.43. The monoisotopic (exact) mass is 196 g/mol. The zero-order chi connectivity index (χ0) is 10.6. The average molecular weight is 196 g/mol. The van der Waals surface area contributed by atoms with Crippen molar-refractivity contribution in [2.24, 2.45) is 5.92 Å². The smallest absolute Gasteiger partial charge is 0.129 e. The molecule has 1 aromatic carbocycles. The van der Waals surface area contributed by atoms with Crippen LogP contribution in [-0.2, 0) is 0 Å². The fraction of sp³-hybridized carbons (Fsp3) is 0.500. The molecule has 1 unspecified atom stereocenters. The topological polar surface area (TPSA) is 20.2 Å². The van der Waals surface area contributed by atoms with Crippen LogP contribution in [0.4, 0.5) is 4.39 Å². The van der Waals surface area contributed by atoms with Crippen LogP contribution in [-0.4, -0.2) is 5.11 Å².